The van der Waals surface area contributed by atoms with Gasteiger partial charge in [0.05, 0.1) is 6.04 Å². The van der Waals surface area contributed by atoms with Gasteiger partial charge in [-0.15, -0.1) is 0 Å². The van der Waals surface area contributed by atoms with Crippen molar-refractivity contribution >= 4 is 23.7 Å². The molecule has 0 spiro atoms. The van der Waals surface area contributed by atoms with Crippen LogP contribution in [0.1, 0.15) is 79.7 Å². The molecule has 0 radical (unpaired) electrons. The molecule has 0 aliphatic carbocycles. The SMILES string of the molecule is CC[C@H](C)[C@H](NC(=O)[C@H](Cc1ccc(OC(C)(C)C)cc1)NC(=O)[C@@H]1CCCN1)C(=O)N[C@@H](CC(C)C)C(=O)O. The van der Waals surface area contributed by atoms with Gasteiger partial charge in [0.15, 0.2) is 0 Å². The number of amides is 3. The molecule has 2 rings (SSSR count). The van der Waals surface area contributed by atoms with E-state index in [1.54, 1.807) is 0 Å². The monoisotopic (exact) mass is 560 g/mol. The fraction of sp³-hybridized carbons (Fsp3) is 0.667. The van der Waals surface area contributed by atoms with Gasteiger partial charge in [-0.3, -0.25) is 14.4 Å². The molecule has 1 heterocycles. The molecule has 1 saturated heterocycles. The molecule has 1 aliphatic heterocycles. The Balaban J connectivity index is 2.25. The maximum absolute atomic E-state index is 13.6. The van der Waals surface area contributed by atoms with Crippen LogP contribution in [0.25, 0.3) is 0 Å². The first-order valence-electron chi connectivity index (χ1n) is 14.3. The first-order valence-corrected chi connectivity index (χ1v) is 14.3. The van der Waals surface area contributed by atoms with Crippen LogP contribution >= 0.6 is 0 Å². The van der Waals surface area contributed by atoms with Gasteiger partial charge in [0.25, 0.3) is 0 Å². The molecule has 1 aromatic rings. The first kappa shape index (κ1) is 33.1. The number of benzene rings is 1. The summed E-state index contributed by atoms with van der Waals surface area (Å²) in [7, 11) is 0. The molecule has 1 fully saturated rings. The van der Waals surface area contributed by atoms with Gasteiger partial charge in [-0.2, -0.15) is 0 Å². The van der Waals surface area contributed by atoms with Gasteiger partial charge < -0.3 is 31.1 Å². The number of carbonyl (C=O) groups excluding carboxylic acids is 3. The van der Waals surface area contributed by atoms with Gasteiger partial charge >= 0.3 is 5.97 Å². The summed E-state index contributed by atoms with van der Waals surface area (Å²) in [6, 6.07) is 4.02. The van der Waals surface area contributed by atoms with Crippen molar-refractivity contribution in [3.05, 3.63) is 29.8 Å². The molecule has 0 unspecified atom stereocenters. The number of hydrogen-bond donors (Lipinski definition) is 5. The lowest BCUT2D eigenvalue weighted by atomic mass is 9.96. The maximum Gasteiger partial charge on any atom is 0.326 e. The van der Waals surface area contributed by atoms with Crippen molar-refractivity contribution < 1.29 is 29.0 Å². The molecule has 0 aromatic heterocycles. The van der Waals surface area contributed by atoms with Crippen LogP contribution in [-0.2, 0) is 25.6 Å². The average Bonchev–Trinajstić information content (AvgIpc) is 3.41. The minimum atomic E-state index is -1.12. The first-order chi connectivity index (χ1) is 18.7. The van der Waals surface area contributed by atoms with E-state index >= 15 is 0 Å². The topological polar surface area (TPSA) is 146 Å². The van der Waals surface area contributed by atoms with E-state index in [2.05, 4.69) is 21.3 Å². The largest absolute Gasteiger partial charge is 0.488 e. The number of carboxylic acid groups (broad SMARTS) is 1. The second kappa shape index (κ2) is 15.0. The van der Waals surface area contributed by atoms with E-state index in [9.17, 15) is 24.3 Å². The lowest BCUT2D eigenvalue weighted by molar-refractivity contribution is -0.143. The van der Waals surface area contributed by atoms with Crippen LogP contribution in [0.15, 0.2) is 24.3 Å². The molecule has 10 heteroatoms. The standard InChI is InChI=1S/C30H48N4O6/c1-8-19(4)25(28(37)33-24(29(38)39)16-18(2)3)34-27(36)23(32-26(35)22-10-9-15-31-22)17-20-11-13-21(14-12-20)40-30(5,6)7/h11-14,18-19,22-25,31H,8-10,15-17H2,1-7H3,(H,32,35)(H,33,37)(H,34,36)(H,38,39)/t19-,22-,23-,24-,25-/m0/s1. The zero-order chi connectivity index (χ0) is 30.0. The molecule has 5 N–H and O–H groups in total. The predicted octanol–water partition coefficient (Wildman–Crippen LogP) is 2.79. The Morgan fingerprint density at radius 3 is 2.15 bits per heavy atom. The van der Waals surface area contributed by atoms with Crippen LogP contribution in [0.5, 0.6) is 5.75 Å². The van der Waals surface area contributed by atoms with E-state index in [1.165, 1.54) is 0 Å². The Morgan fingerprint density at radius 1 is 1.00 bits per heavy atom. The molecule has 5 atom stereocenters. The summed E-state index contributed by atoms with van der Waals surface area (Å²) in [6.45, 7) is 14.1. The molecule has 0 saturated carbocycles. The quantitative estimate of drug-likeness (QED) is 0.235. The van der Waals surface area contributed by atoms with Crippen molar-refractivity contribution in [3.8, 4) is 5.75 Å². The minimum absolute atomic E-state index is 0.0574. The number of nitrogens with one attached hydrogen (secondary N) is 4. The third-order valence-corrected chi connectivity index (χ3v) is 6.91. The second-order valence-corrected chi connectivity index (χ2v) is 12.2. The van der Waals surface area contributed by atoms with E-state index in [0.29, 0.717) is 18.6 Å². The fourth-order valence-corrected chi connectivity index (χ4v) is 4.58. The summed E-state index contributed by atoms with van der Waals surface area (Å²) in [4.78, 5) is 51.6. The lowest BCUT2D eigenvalue weighted by Crippen LogP contribution is -2.59. The summed E-state index contributed by atoms with van der Waals surface area (Å²) in [5.74, 6) is -1.96. The number of carboxylic acids is 1. The van der Waals surface area contributed by atoms with Gasteiger partial charge in [0, 0.05) is 6.42 Å². The summed E-state index contributed by atoms with van der Waals surface area (Å²) in [5, 5.41) is 21.0. The molecule has 224 valence electrons. The normalized spacial score (nSPS) is 18.4. The van der Waals surface area contributed by atoms with Crippen molar-refractivity contribution in [1.82, 2.24) is 21.3 Å². The highest BCUT2D eigenvalue weighted by Gasteiger charge is 2.33. The van der Waals surface area contributed by atoms with Crippen molar-refractivity contribution in [2.75, 3.05) is 6.54 Å². The van der Waals surface area contributed by atoms with Crippen LogP contribution in [0.3, 0.4) is 0 Å². The highest BCUT2D eigenvalue weighted by atomic mass is 16.5. The van der Waals surface area contributed by atoms with Crippen LogP contribution < -0.4 is 26.0 Å². The van der Waals surface area contributed by atoms with E-state index in [4.69, 9.17) is 4.74 Å². The van der Waals surface area contributed by atoms with Gasteiger partial charge in [0.2, 0.25) is 17.7 Å². The third-order valence-electron chi connectivity index (χ3n) is 6.91. The van der Waals surface area contributed by atoms with Crippen LogP contribution in [-0.4, -0.2) is 65.1 Å². The predicted molar refractivity (Wildman–Crippen MR) is 154 cm³/mol. The summed E-state index contributed by atoms with van der Waals surface area (Å²) < 4.78 is 5.89. The number of hydrogen-bond acceptors (Lipinski definition) is 6. The molecule has 0 bridgehead atoms. The van der Waals surface area contributed by atoms with Gasteiger partial charge in [-0.25, -0.2) is 4.79 Å². The van der Waals surface area contributed by atoms with Crippen LogP contribution in [0.4, 0.5) is 0 Å². The Hall–Kier alpha value is -3.14. The molecular weight excluding hydrogens is 512 g/mol. The molecule has 40 heavy (non-hydrogen) atoms. The zero-order valence-electron chi connectivity index (χ0n) is 25.0. The molecular formula is C30H48N4O6. The summed E-state index contributed by atoms with van der Waals surface area (Å²) in [6.07, 6.45) is 2.62. The summed E-state index contributed by atoms with van der Waals surface area (Å²) >= 11 is 0. The number of rotatable bonds is 14. The highest BCUT2D eigenvalue weighted by Crippen LogP contribution is 2.20. The van der Waals surface area contributed by atoms with Crippen molar-refractivity contribution in [2.24, 2.45) is 11.8 Å². The highest BCUT2D eigenvalue weighted by molar-refractivity contribution is 5.94. The average molecular weight is 561 g/mol. The second-order valence-electron chi connectivity index (χ2n) is 12.2. The minimum Gasteiger partial charge on any atom is -0.488 e. The van der Waals surface area contributed by atoms with Crippen LogP contribution in [0, 0.1) is 11.8 Å². The molecule has 10 nitrogen and oxygen atoms in total. The fourth-order valence-electron chi connectivity index (χ4n) is 4.58. The molecule has 1 aliphatic rings. The zero-order valence-corrected chi connectivity index (χ0v) is 25.0. The third kappa shape index (κ3) is 10.8. The Bertz CT molecular complexity index is 998. The number of carbonyl (C=O) groups is 4. The Morgan fingerprint density at radius 2 is 1.65 bits per heavy atom. The van der Waals surface area contributed by atoms with Gasteiger partial charge in [-0.05, 0) is 76.1 Å². The van der Waals surface area contributed by atoms with Crippen molar-refractivity contribution in [1.29, 1.82) is 0 Å². The molecule has 1 aromatic carbocycles. The smallest absolute Gasteiger partial charge is 0.326 e. The summed E-state index contributed by atoms with van der Waals surface area (Å²) in [5.41, 5.74) is 0.459. The maximum atomic E-state index is 13.6. The van der Waals surface area contributed by atoms with Crippen molar-refractivity contribution in [3.63, 3.8) is 0 Å². The van der Waals surface area contributed by atoms with Gasteiger partial charge in [-0.1, -0.05) is 46.2 Å². The number of ether oxygens (including phenoxy) is 1. The van der Waals surface area contributed by atoms with Crippen LogP contribution in [0.2, 0.25) is 0 Å². The number of aliphatic carboxylic acids is 1. The van der Waals surface area contributed by atoms with Gasteiger partial charge in [0.1, 0.15) is 29.5 Å². The molecule has 3 amide bonds. The van der Waals surface area contributed by atoms with E-state index in [-0.39, 0.29) is 42.2 Å². The Labute approximate surface area is 238 Å². The lowest BCUT2D eigenvalue weighted by Gasteiger charge is -2.28. The Kier molecular flexibility index (Phi) is 12.4. The van der Waals surface area contributed by atoms with E-state index in [1.807, 2.05) is 72.7 Å². The van der Waals surface area contributed by atoms with E-state index in [0.717, 1.165) is 18.5 Å². The van der Waals surface area contributed by atoms with Crippen molar-refractivity contribution in [2.45, 2.75) is 110 Å². The van der Waals surface area contributed by atoms with E-state index < -0.39 is 35.9 Å².